The molecule has 1 aromatic heterocycles. The SMILES string of the molecule is Cc1ccc(C(C)C)c(O[C@@H](C)C(=O)Nc2nnc(SCc3ccccc3)s2)c1. The minimum Gasteiger partial charge on any atom is -0.481 e. The smallest absolute Gasteiger partial charge is 0.266 e. The summed E-state index contributed by atoms with van der Waals surface area (Å²) in [5.41, 5.74) is 3.41. The van der Waals surface area contributed by atoms with Gasteiger partial charge in [0.15, 0.2) is 10.4 Å². The number of amides is 1. The zero-order valence-electron chi connectivity index (χ0n) is 17.0. The van der Waals surface area contributed by atoms with Crippen LogP contribution in [0, 0.1) is 6.92 Å². The quantitative estimate of drug-likeness (QED) is 0.371. The highest BCUT2D eigenvalue weighted by molar-refractivity contribution is 8.00. The van der Waals surface area contributed by atoms with E-state index in [1.54, 1.807) is 18.7 Å². The normalized spacial score (nSPS) is 12.0. The lowest BCUT2D eigenvalue weighted by Gasteiger charge is -2.18. The standard InChI is InChI=1S/C22H25N3O2S2/c1-14(2)18-11-10-15(3)12-19(18)27-16(4)20(26)23-21-24-25-22(29-21)28-13-17-8-6-5-7-9-17/h5-12,14,16H,13H2,1-4H3,(H,23,24,26)/t16-/m0/s1. The van der Waals surface area contributed by atoms with Gasteiger partial charge >= 0.3 is 0 Å². The van der Waals surface area contributed by atoms with Gasteiger partial charge in [0.2, 0.25) is 5.13 Å². The number of benzene rings is 2. The highest BCUT2D eigenvalue weighted by Gasteiger charge is 2.19. The Hall–Kier alpha value is -2.38. The topological polar surface area (TPSA) is 64.1 Å². The molecule has 0 unspecified atom stereocenters. The van der Waals surface area contributed by atoms with Crippen LogP contribution in [-0.2, 0) is 10.5 Å². The molecule has 0 fully saturated rings. The zero-order valence-corrected chi connectivity index (χ0v) is 18.6. The molecule has 7 heteroatoms. The molecule has 29 heavy (non-hydrogen) atoms. The molecule has 0 radical (unpaired) electrons. The maximum absolute atomic E-state index is 12.6. The number of anilines is 1. The fraction of sp³-hybridized carbons (Fsp3) is 0.318. The predicted octanol–water partition coefficient (Wildman–Crippen LogP) is 5.67. The minimum absolute atomic E-state index is 0.239. The molecule has 3 aromatic rings. The van der Waals surface area contributed by atoms with Crippen molar-refractivity contribution in [3.05, 3.63) is 65.2 Å². The fourth-order valence-corrected chi connectivity index (χ4v) is 4.42. The van der Waals surface area contributed by atoms with Crippen molar-refractivity contribution in [1.82, 2.24) is 10.2 Å². The second kappa shape index (κ2) is 9.89. The Morgan fingerprint density at radius 2 is 1.90 bits per heavy atom. The van der Waals surface area contributed by atoms with Crippen LogP contribution in [0.3, 0.4) is 0 Å². The van der Waals surface area contributed by atoms with Crippen LogP contribution in [0.4, 0.5) is 5.13 Å². The van der Waals surface area contributed by atoms with E-state index in [1.165, 1.54) is 16.9 Å². The molecule has 5 nitrogen and oxygen atoms in total. The minimum atomic E-state index is -0.640. The number of hydrogen-bond acceptors (Lipinski definition) is 6. The predicted molar refractivity (Wildman–Crippen MR) is 120 cm³/mol. The van der Waals surface area contributed by atoms with Crippen molar-refractivity contribution in [2.24, 2.45) is 0 Å². The lowest BCUT2D eigenvalue weighted by atomic mass is 10.0. The zero-order chi connectivity index (χ0) is 20.8. The van der Waals surface area contributed by atoms with E-state index < -0.39 is 6.10 Å². The van der Waals surface area contributed by atoms with E-state index in [2.05, 4.69) is 53.6 Å². The van der Waals surface area contributed by atoms with Gasteiger partial charge in [0.05, 0.1) is 0 Å². The van der Waals surface area contributed by atoms with Crippen LogP contribution < -0.4 is 10.1 Å². The van der Waals surface area contributed by atoms with Crippen molar-refractivity contribution in [1.29, 1.82) is 0 Å². The van der Waals surface area contributed by atoms with E-state index >= 15 is 0 Å². The number of thioether (sulfide) groups is 1. The van der Waals surface area contributed by atoms with E-state index in [1.807, 2.05) is 31.2 Å². The number of aromatic nitrogens is 2. The van der Waals surface area contributed by atoms with Gasteiger partial charge in [0.1, 0.15) is 5.75 Å². The second-order valence-corrected chi connectivity index (χ2v) is 9.29. The number of carbonyl (C=O) groups is 1. The van der Waals surface area contributed by atoms with Crippen LogP contribution in [0.15, 0.2) is 52.9 Å². The van der Waals surface area contributed by atoms with Crippen LogP contribution in [0.5, 0.6) is 5.75 Å². The molecule has 1 atom stereocenters. The van der Waals surface area contributed by atoms with Gasteiger partial charge in [-0.25, -0.2) is 0 Å². The molecule has 152 valence electrons. The van der Waals surface area contributed by atoms with E-state index in [-0.39, 0.29) is 5.91 Å². The molecule has 0 spiro atoms. The van der Waals surface area contributed by atoms with Gasteiger partial charge in [-0.15, -0.1) is 10.2 Å². The first-order chi connectivity index (χ1) is 13.9. The van der Waals surface area contributed by atoms with E-state index in [4.69, 9.17) is 4.74 Å². The highest BCUT2D eigenvalue weighted by Crippen LogP contribution is 2.30. The Morgan fingerprint density at radius 3 is 2.62 bits per heavy atom. The Balaban J connectivity index is 1.58. The van der Waals surface area contributed by atoms with Gasteiger partial charge in [-0.3, -0.25) is 10.1 Å². The number of hydrogen-bond donors (Lipinski definition) is 1. The summed E-state index contributed by atoms with van der Waals surface area (Å²) in [7, 11) is 0. The summed E-state index contributed by atoms with van der Waals surface area (Å²) in [6, 6.07) is 16.3. The lowest BCUT2D eigenvalue weighted by molar-refractivity contribution is -0.122. The van der Waals surface area contributed by atoms with Gasteiger partial charge in [0, 0.05) is 5.75 Å². The molecule has 1 amide bonds. The third-order valence-electron chi connectivity index (χ3n) is 4.31. The molecule has 0 aliphatic carbocycles. The van der Waals surface area contributed by atoms with E-state index in [0.717, 1.165) is 27.0 Å². The Bertz CT molecular complexity index is 958. The summed E-state index contributed by atoms with van der Waals surface area (Å²) in [5.74, 6) is 1.64. The lowest BCUT2D eigenvalue weighted by Crippen LogP contribution is -2.30. The number of nitrogens with zero attached hydrogens (tertiary/aromatic N) is 2. The molecule has 3 rings (SSSR count). The summed E-state index contributed by atoms with van der Waals surface area (Å²) in [5, 5.41) is 11.5. The summed E-state index contributed by atoms with van der Waals surface area (Å²) >= 11 is 2.97. The maximum Gasteiger partial charge on any atom is 0.266 e. The molecular formula is C22H25N3O2S2. The molecule has 0 aliphatic heterocycles. The largest absolute Gasteiger partial charge is 0.481 e. The van der Waals surface area contributed by atoms with Gasteiger partial charge < -0.3 is 4.74 Å². The molecule has 1 heterocycles. The fourth-order valence-electron chi connectivity index (χ4n) is 2.71. The monoisotopic (exact) mass is 427 g/mol. The first-order valence-corrected chi connectivity index (χ1v) is 11.3. The number of nitrogens with one attached hydrogen (secondary N) is 1. The average Bonchev–Trinajstić information content (AvgIpc) is 3.14. The van der Waals surface area contributed by atoms with Crippen molar-refractivity contribution in [2.45, 2.75) is 49.8 Å². The number of carbonyl (C=O) groups excluding carboxylic acids is 1. The number of aryl methyl sites for hydroxylation is 1. The molecule has 1 N–H and O–H groups in total. The number of rotatable bonds is 8. The molecular weight excluding hydrogens is 402 g/mol. The molecule has 0 saturated heterocycles. The third kappa shape index (κ3) is 6.05. The van der Waals surface area contributed by atoms with Crippen molar-refractivity contribution >= 4 is 34.1 Å². The van der Waals surface area contributed by atoms with Gasteiger partial charge in [-0.2, -0.15) is 0 Å². The van der Waals surface area contributed by atoms with Crippen molar-refractivity contribution in [3.63, 3.8) is 0 Å². The third-order valence-corrected chi connectivity index (χ3v) is 6.35. The van der Waals surface area contributed by atoms with Crippen molar-refractivity contribution < 1.29 is 9.53 Å². The van der Waals surface area contributed by atoms with Crippen LogP contribution in [0.25, 0.3) is 0 Å². The van der Waals surface area contributed by atoms with Crippen molar-refractivity contribution in [3.8, 4) is 5.75 Å². The van der Waals surface area contributed by atoms with Crippen molar-refractivity contribution in [2.75, 3.05) is 5.32 Å². The number of ether oxygens (including phenoxy) is 1. The Labute approximate surface area is 179 Å². The van der Waals surface area contributed by atoms with Gasteiger partial charge in [0.25, 0.3) is 5.91 Å². The summed E-state index contributed by atoms with van der Waals surface area (Å²) in [4.78, 5) is 12.6. The second-order valence-electron chi connectivity index (χ2n) is 7.09. The van der Waals surface area contributed by atoms with E-state index in [0.29, 0.717) is 11.0 Å². The summed E-state index contributed by atoms with van der Waals surface area (Å²) in [6.45, 7) is 7.97. The van der Waals surface area contributed by atoms with Crippen LogP contribution in [0.1, 0.15) is 43.4 Å². The van der Waals surface area contributed by atoms with Gasteiger partial charge in [-0.1, -0.05) is 79.4 Å². The van der Waals surface area contributed by atoms with Crippen LogP contribution in [0.2, 0.25) is 0 Å². The molecule has 2 aromatic carbocycles. The summed E-state index contributed by atoms with van der Waals surface area (Å²) < 4.78 is 6.79. The van der Waals surface area contributed by atoms with E-state index in [9.17, 15) is 4.79 Å². The van der Waals surface area contributed by atoms with Gasteiger partial charge in [-0.05, 0) is 42.5 Å². The summed E-state index contributed by atoms with van der Waals surface area (Å²) in [6.07, 6.45) is -0.640. The molecule has 0 bridgehead atoms. The highest BCUT2D eigenvalue weighted by atomic mass is 32.2. The van der Waals surface area contributed by atoms with Crippen LogP contribution in [-0.4, -0.2) is 22.2 Å². The first-order valence-electron chi connectivity index (χ1n) is 9.50. The molecule has 0 saturated carbocycles. The first kappa shape index (κ1) is 21.3. The molecule has 0 aliphatic rings. The maximum atomic E-state index is 12.6. The Morgan fingerprint density at radius 1 is 1.14 bits per heavy atom. The Kier molecular flexibility index (Phi) is 7.28. The van der Waals surface area contributed by atoms with Crippen LogP contribution >= 0.6 is 23.1 Å². The average molecular weight is 428 g/mol.